The zero-order valence-corrected chi connectivity index (χ0v) is 17.4. The summed E-state index contributed by atoms with van der Waals surface area (Å²) in [5.41, 5.74) is 2.19. The van der Waals surface area contributed by atoms with Crippen molar-refractivity contribution in [2.24, 2.45) is 0 Å². The van der Waals surface area contributed by atoms with Crippen LogP contribution in [0.4, 0.5) is 5.69 Å². The molecule has 4 aromatic rings. The summed E-state index contributed by atoms with van der Waals surface area (Å²) in [5, 5.41) is 7.02. The normalized spacial score (nSPS) is 10.5. The zero-order chi connectivity index (χ0) is 22.3. The molecule has 2 aromatic carbocycles. The van der Waals surface area contributed by atoms with Gasteiger partial charge in [-0.15, -0.1) is 0 Å². The van der Waals surface area contributed by atoms with Gasteiger partial charge in [-0.1, -0.05) is 18.2 Å². The van der Waals surface area contributed by atoms with Gasteiger partial charge in [-0.3, -0.25) is 4.79 Å². The Kier molecular flexibility index (Phi) is 6.31. The molecule has 8 nitrogen and oxygen atoms in total. The van der Waals surface area contributed by atoms with Crippen molar-refractivity contribution in [3.8, 4) is 11.4 Å². The molecule has 0 spiro atoms. The van der Waals surface area contributed by atoms with E-state index in [1.54, 1.807) is 54.2 Å². The molecule has 0 atom stereocenters. The highest BCUT2D eigenvalue weighted by Gasteiger charge is 2.16. The highest BCUT2D eigenvalue weighted by Crippen LogP contribution is 2.19. The number of furan rings is 1. The summed E-state index contributed by atoms with van der Waals surface area (Å²) in [4.78, 5) is 24.4. The molecule has 0 radical (unpaired) electrons. The monoisotopic (exact) mass is 431 g/mol. The Morgan fingerprint density at radius 3 is 2.56 bits per heavy atom. The number of aromatic nitrogens is 2. The molecule has 0 aliphatic rings. The third kappa shape index (κ3) is 4.86. The molecule has 32 heavy (non-hydrogen) atoms. The summed E-state index contributed by atoms with van der Waals surface area (Å²) in [6.45, 7) is 2.24. The molecule has 1 amide bonds. The van der Waals surface area contributed by atoms with Crippen molar-refractivity contribution in [2.45, 2.75) is 13.5 Å². The smallest absolute Gasteiger partial charge is 0.358 e. The molecule has 1 N–H and O–H groups in total. The van der Waals surface area contributed by atoms with Crippen LogP contribution in [0.25, 0.3) is 5.69 Å². The van der Waals surface area contributed by atoms with E-state index in [0.717, 1.165) is 5.69 Å². The lowest BCUT2D eigenvalue weighted by molar-refractivity contribution is 0.0519. The Hall–Kier alpha value is -4.33. The quantitative estimate of drug-likeness (QED) is 0.414. The number of benzene rings is 2. The standard InChI is InChI=1S/C24H21N3O5/c1-2-30-24(29)21-12-14-27(26-21)19-10-8-18(9-11-19)25-23(28)22-17(13-15-31-22)16-32-20-6-4-3-5-7-20/h3-15H,2,16H2,1H3,(H,25,28). The second-order valence-electron chi connectivity index (χ2n) is 6.74. The fraction of sp³-hybridized carbons (Fsp3) is 0.125. The van der Waals surface area contributed by atoms with Gasteiger partial charge in [0, 0.05) is 17.4 Å². The van der Waals surface area contributed by atoms with E-state index in [1.165, 1.54) is 6.26 Å². The number of hydrogen-bond acceptors (Lipinski definition) is 6. The maximum Gasteiger partial charge on any atom is 0.358 e. The lowest BCUT2D eigenvalue weighted by atomic mass is 10.2. The van der Waals surface area contributed by atoms with Crippen LogP contribution in [-0.2, 0) is 11.3 Å². The van der Waals surface area contributed by atoms with E-state index in [9.17, 15) is 9.59 Å². The van der Waals surface area contributed by atoms with Crippen LogP contribution in [0.5, 0.6) is 5.75 Å². The summed E-state index contributed by atoms with van der Waals surface area (Å²) in [5.74, 6) is 0.0512. The molecule has 0 fully saturated rings. The first-order chi connectivity index (χ1) is 15.6. The van der Waals surface area contributed by atoms with Gasteiger partial charge in [0.1, 0.15) is 12.4 Å². The molecule has 0 aliphatic carbocycles. The molecular weight excluding hydrogens is 410 g/mol. The summed E-state index contributed by atoms with van der Waals surface area (Å²) >= 11 is 0. The number of nitrogens with one attached hydrogen (secondary N) is 1. The first kappa shape index (κ1) is 20.9. The SMILES string of the molecule is CCOC(=O)c1ccn(-c2ccc(NC(=O)c3occc3COc3ccccc3)cc2)n1. The Morgan fingerprint density at radius 2 is 1.81 bits per heavy atom. The Bertz CT molecular complexity index is 1200. The molecule has 4 rings (SSSR count). The first-order valence-electron chi connectivity index (χ1n) is 10.0. The van der Waals surface area contributed by atoms with Gasteiger partial charge in [0.15, 0.2) is 11.5 Å². The van der Waals surface area contributed by atoms with Gasteiger partial charge in [0.05, 0.1) is 18.6 Å². The van der Waals surface area contributed by atoms with Crippen molar-refractivity contribution in [2.75, 3.05) is 11.9 Å². The Labute approximate surface area is 184 Å². The van der Waals surface area contributed by atoms with Gasteiger partial charge in [0.2, 0.25) is 0 Å². The van der Waals surface area contributed by atoms with Gasteiger partial charge >= 0.3 is 5.97 Å². The number of amides is 1. The maximum absolute atomic E-state index is 12.7. The van der Waals surface area contributed by atoms with Crippen LogP contribution in [-0.4, -0.2) is 28.3 Å². The Morgan fingerprint density at radius 1 is 1.03 bits per heavy atom. The van der Waals surface area contributed by atoms with Crippen LogP contribution < -0.4 is 10.1 Å². The van der Waals surface area contributed by atoms with Crippen molar-refractivity contribution in [1.82, 2.24) is 9.78 Å². The molecular formula is C24H21N3O5. The lowest BCUT2D eigenvalue weighted by Crippen LogP contribution is -2.13. The van der Waals surface area contributed by atoms with Crippen LogP contribution in [0.1, 0.15) is 33.5 Å². The van der Waals surface area contributed by atoms with Gasteiger partial charge in [0.25, 0.3) is 5.91 Å². The molecule has 2 aromatic heterocycles. The van der Waals surface area contributed by atoms with Crippen molar-refractivity contribution < 1.29 is 23.5 Å². The minimum atomic E-state index is -0.472. The number of rotatable bonds is 8. The summed E-state index contributed by atoms with van der Waals surface area (Å²) in [6.07, 6.45) is 3.13. The van der Waals surface area contributed by atoms with Crippen molar-refractivity contribution in [3.05, 3.63) is 96.2 Å². The predicted octanol–water partition coefficient (Wildman–Crippen LogP) is 4.47. The number of carbonyl (C=O) groups is 2. The van der Waals surface area contributed by atoms with Gasteiger partial charge in [-0.05, 0) is 55.5 Å². The fourth-order valence-corrected chi connectivity index (χ4v) is 2.99. The van der Waals surface area contributed by atoms with E-state index < -0.39 is 5.97 Å². The topological polar surface area (TPSA) is 95.6 Å². The van der Waals surface area contributed by atoms with E-state index in [-0.39, 0.29) is 30.6 Å². The second-order valence-corrected chi connectivity index (χ2v) is 6.74. The average molecular weight is 431 g/mol. The summed E-state index contributed by atoms with van der Waals surface area (Å²) in [6, 6.07) is 19.7. The summed E-state index contributed by atoms with van der Waals surface area (Å²) < 4.78 is 17.6. The lowest BCUT2D eigenvalue weighted by Gasteiger charge is -2.08. The minimum Gasteiger partial charge on any atom is -0.489 e. The number of carbonyl (C=O) groups excluding carboxylic acids is 2. The van der Waals surface area contributed by atoms with E-state index in [4.69, 9.17) is 13.9 Å². The number of nitrogens with zero attached hydrogens (tertiary/aromatic N) is 2. The number of hydrogen-bond donors (Lipinski definition) is 1. The van der Waals surface area contributed by atoms with E-state index in [2.05, 4.69) is 10.4 Å². The number of para-hydroxylation sites is 1. The molecule has 0 bridgehead atoms. The molecule has 0 saturated heterocycles. The fourth-order valence-electron chi connectivity index (χ4n) is 2.99. The van der Waals surface area contributed by atoms with Gasteiger partial charge < -0.3 is 19.2 Å². The maximum atomic E-state index is 12.7. The van der Waals surface area contributed by atoms with Crippen molar-refractivity contribution in [3.63, 3.8) is 0 Å². The third-order valence-corrected chi connectivity index (χ3v) is 4.55. The molecule has 0 saturated carbocycles. The third-order valence-electron chi connectivity index (χ3n) is 4.55. The molecule has 0 aliphatic heterocycles. The van der Waals surface area contributed by atoms with E-state index >= 15 is 0 Å². The van der Waals surface area contributed by atoms with Gasteiger partial charge in [-0.25, -0.2) is 9.48 Å². The van der Waals surface area contributed by atoms with Crippen LogP contribution in [0, 0.1) is 0 Å². The Balaban J connectivity index is 1.39. The van der Waals surface area contributed by atoms with Crippen LogP contribution >= 0.6 is 0 Å². The van der Waals surface area contributed by atoms with E-state index in [0.29, 0.717) is 17.0 Å². The summed E-state index contributed by atoms with van der Waals surface area (Å²) in [7, 11) is 0. The van der Waals surface area contributed by atoms with Crippen LogP contribution in [0.2, 0.25) is 0 Å². The second kappa shape index (κ2) is 9.65. The minimum absolute atomic E-state index is 0.191. The zero-order valence-electron chi connectivity index (χ0n) is 17.4. The number of anilines is 1. The first-order valence-corrected chi connectivity index (χ1v) is 10.0. The van der Waals surface area contributed by atoms with Crippen molar-refractivity contribution >= 4 is 17.6 Å². The molecule has 162 valence electrons. The average Bonchev–Trinajstić information content (AvgIpc) is 3.49. The van der Waals surface area contributed by atoms with Crippen LogP contribution in [0.15, 0.2) is 83.6 Å². The molecule has 0 unspecified atom stereocenters. The van der Waals surface area contributed by atoms with Crippen LogP contribution in [0.3, 0.4) is 0 Å². The molecule has 8 heteroatoms. The number of esters is 1. The number of ether oxygens (including phenoxy) is 2. The van der Waals surface area contributed by atoms with E-state index in [1.807, 2.05) is 30.3 Å². The van der Waals surface area contributed by atoms with Gasteiger partial charge in [-0.2, -0.15) is 5.10 Å². The highest BCUT2D eigenvalue weighted by molar-refractivity contribution is 6.03. The predicted molar refractivity (Wildman–Crippen MR) is 117 cm³/mol. The molecule has 2 heterocycles. The largest absolute Gasteiger partial charge is 0.489 e. The highest BCUT2D eigenvalue weighted by atomic mass is 16.5. The van der Waals surface area contributed by atoms with Crippen molar-refractivity contribution in [1.29, 1.82) is 0 Å².